The first kappa shape index (κ1) is 21.8. The first-order chi connectivity index (χ1) is 14.2. The highest BCUT2D eigenvalue weighted by atomic mass is 16.6. The second-order valence-corrected chi connectivity index (χ2v) is 8.58. The largest absolute Gasteiger partial charge is 0.366 e. The Morgan fingerprint density at radius 1 is 1.37 bits per heavy atom. The van der Waals surface area contributed by atoms with Crippen molar-refractivity contribution in [3.63, 3.8) is 0 Å². The highest BCUT2D eigenvalue weighted by molar-refractivity contribution is 5.95. The predicted octanol–water partition coefficient (Wildman–Crippen LogP) is 3.71. The summed E-state index contributed by atoms with van der Waals surface area (Å²) in [5, 5.41) is 19.0. The van der Waals surface area contributed by atoms with Crippen molar-refractivity contribution in [2.75, 3.05) is 24.5 Å². The first-order valence-electron chi connectivity index (χ1n) is 10.6. The standard InChI is InChI=1S/C22H31N5O3/c1-15-6-5-9-25(13-15)20-8-7-19(11-21(20)27(29)30)22(28)23-12-16(2)14-26-18(4)10-17(3)24-26/h7-8,10-11,15-16H,5-6,9,12-14H2,1-4H3,(H,23,28)/t15-,16-/m0/s1. The summed E-state index contributed by atoms with van der Waals surface area (Å²) in [6.45, 7) is 10.9. The monoisotopic (exact) mass is 413 g/mol. The van der Waals surface area contributed by atoms with Crippen molar-refractivity contribution in [3.05, 3.63) is 51.3 Å². The van der Waals surface area contributed by atoms with Crippen molar-refractivity contribution in [3.8, 4) is 0 Å². The van der Waals surface area contributed by atoms with Crippen LogP contribution in [-0.4, -0.2) is 40.2 Å². The van der Waals surface area contributed by atoms with Gasteiger partial charge in [0.15, 0.2) is 0 Å². The van der Waals surface area contributed by atoms with Crippen LogP contribution < -0.4 is 10.2 Å². The van der Waals surface area contributed by atoms with Gasteiger partial charge in [0.05, 0.1) is 10.6 Å². The molecule has 0 aliphatic carbocycles. The van der Waals surface area contributed by atoms with Gasteiger partial charge in [-0.3, -0.25) is 19.6 Å². The Morgan fingerprint density at radius 2 is 2.13 bits per heavy atom. The molecule has 0 saturated carbocycles. The molecule has 1 amide bonds. The van der Waals surface area contributed by atoms with E-state index in [2.05, 4.69) is 22.2 Å². The molecule has 8 heteroatoms. The SMILES string of the molecule is Cc1cc(C)n(C[C@@H](C)CNC(=O)c2ccc(N3CCC[C@H](C)C3)c([N+](=O)[O-])c2)n1. The summed E-state index contributed by atoms with van der Waals surface area (Å²) in [4.78, 5) is 25.9. The maximum absolute atomic E-state index is 12.6. The molecule has 2 atom stereocenters. The molecular weight excluding hydrogens is 382 g/mol. The molecule has 0 radical (unpaired) electrons. The van der Waals surface area contributed by atoms with Crippen LogP contribution in [-0.2, 0) is 6.54 Å². The maximum atomic E-state index is 12.6. The number of piperidine rings is 1. The summed E-state index contributed by atoms with van der Waals surface area (Å²) in [6.07, 6.45) is 2.16. The molecule has 1 fully saturated rings. The van der Waals surface area contributed by atoms with Crippen molar-refractivity contribution < 1.29 is 9.72 Å². The number of carbonyl (C=O) groups excluding carboxylic acids is 1. The summed E-state index contributed by atoms with van der Waals surface area (Å²) in [5.74, 6) is 0.387. The van der Waals surface area contributed by atoms with E-state index in [0.717, 1.165) is 37.3 Å². The predicted molar refractivity (Wildman–Crippen MR) is 117 cm³/mol. The minimum absolute atomic E-state index is 0.00700. The van der Waals surface area contributed by atoms with Crippen molar-refractivity contribution >= 4 is 17.3 Å². The quantitative estimate of drug-likeness (QED) is 0.552. The number of benzene rings is 1. The van der Waals surface area contributed by atoms with Gasteiger partial charge in [0, 0.05) is 43.5 Å². The van der Waals surface area contributed by atoms with Gasteiger partial charge < -0.3 is 10.2 Å². The zero-order valence-corrected chi connectivity index (χ0v) is 18.2. The maximum Gasteiger partial charge on any atom is 0.293 e. The summed E-state index contributed by atoms with van der Waals surface area (Å²) in [7, 11) is 0. The highest BCUT2D eigenvalue weighted by Gasteiger charge is 2.25. The third-order valence-corrected chi connectivity index (χ3v) is 5.63. The Labute approximate surface area is 177 Å². The smallest absolute Gasteiger partial charge is 0.293 e. The molecule has 1 saturated heterocycles. The number of nitro groups is 1. The average molecular weight is 414 g/mol. The molecule has 3 rings (SSSR count). The molecule has 1 aromatic heterocycles. The van der Waals surface area contributed by atoms with Crippen LogP contribution in [0.5, 0.6) is 0 Å². The van der Waals surface area contributed by atoms with Crippen LogP contribution >= 0.6 is 0 Å². The number of aromatic nitrogens is 2. The van der Waals surface area contributed by atoms with Gasteiger partial charge in [-0.05, 0) is 56.7 Å². The molecule has 1 aromatic carbocycles. The third kappa shape index (κ3) is 5.17. The lowest BCUT2D eigenvalue weighted by molar-refractivity contribution is -0.384. The van der Waals surface area contributed by atoms with E-state index in [0.29, 0.717) is 30.3 Å². The number of carbonyl (C=O) groups is 1. The number of nitrogens with zero attached hydrogens (tertiary/aromatic N) is 4. The molecule has 1 N–H and O–H groups in total. The fourth-order valence-electron chi connectivity index (χ4n) is 4.08. The van der Waals surface area contributed by atoms with E-state index in [-0.39, 0.29) is 17.5 Å². The Kier molecular flexibility index (Phi) is 6.74. The number of hydrogen-bond donors (Lipinski definition) is 1. The van der Waals surface area contributed by atoms with Gasteiger partial charge in [0.25, 0.3) is 11.6 Å². The van der Waals surface area contributed by atoms with Crippen LogP contribution in [0.3, 0.4) is 0 Å². The number of anilines is 1. The summed E-state index contributed by atoms with van der Waals surface area (Å²) >= 11 is 0. The van der Waals surface area contributed by atoms with Crippen LogP contribution in [0, 0.1) is 35.8 Å². The van der Waals surface area contributed by atoms with Gasteiger partial charge in [-0.2, -0.15) is 5.10 Å². The van der Waals surface area contributed by atoms with E-state index in [4.69, 9.17) is 0 Å². The molecular formula is C22H31N5O3. The minimum atomic E-state index is -0.392. The number of nitro benzene ring substituents is 1. The molecule has 1 aliphatic heterocycles. The molecule has 162 valence electrons. The van der Waals surface area contributed by atoms with E-state index in [1.807, 2.05) is 31.5 Å². The van der Waals surface area contributed by atoms with Crippen LogP contribution in [0.1, 0.15) is 48.4 Å². The van der Waals surface area contributed by atoms with Gasteiger partial charge in [0.1, 0.15) is 5.69 Å². The second kappa shape index (κ2) is 9.28. The van der Waals surface area contributed by atoms with E-state index < -0.39 is 4.92 Å². The molecule has 0 spiro atoms. The van der Waals surface area contributed by atoms with Gasteiger partial charge >= 0.3 is 0 Å². The second-order valence-electron chi connectivity index (χ2n) is 8.58. The molecule has 0 unspecified atom stereocenters. The fourth-order valence-corrected chi connectivity index (χ4v) is 4.08. The zero-order valence-electron chi connectivity index (χ0n) is 18.2. The van der Waals surface area contributed by atoms with Gasteiger partial charge in [-0.1, -0.05) is 13.8 Å². The van der Waals surface area contributed by atoms with Crippen molar-refractivity contribution in [1.29, 1.82) is 0 Å². The van der Waals surface area contributed by atoms with E-state index in [9.17, 15) is 14.9 Å². The first-order valence-corrected chi connectivity index (χ1v) is 10.6. The molecule has 0 bridgehead atoms. The normalized spacial score (nSPS) is 17.6. The molecule has 30 heavy (non-hydrogen) atoms. The highest BCUT2D eigenvalue weighted by Crippen LogP contribution is 2.32. The van der Waals surface area contributed by atoms with Crippen molar-refractivity contribution in [2.45, 2.75) is 47.1 Å². The lowest BCUT2D eigenvalue weighted by Crippen LogP contribution is -2.34. The Bertz CT molecular complexity index is 923. The van der Waals surface area contributed by atoms with Crippen LogP contribution in [0.15, 0.2) is 24.3 Å². The van der Waals surface area contributed by atoms with E-state index in [1.54, 1.807) is 12.1 Å². The molecule has 2 aromatic rings. The molecule has 2 heterocycles. The topological polar surface area (TPSA) is 93.3 Å². The van der Waals surface area contributed by atoms with Crippen molar-refractivity contribution in [2.24, 2.45) is 11.8 Å². The van der Waals surface area contributed by atoms with Gasteiger partial charge in [-0.15, -0.1) is 0 Å². The number of aryl methyl sites for hydroxylation is 2. The summed E-state index contributed by atoms with van der Waals surface area (Å²) < 4.78 is 1.94. The van der Waals surface area contributed by atoms with E-state index >= 15 is 0 Å². The van der Waals surface area contributed by atoms with Gasteiger partial charge in [-0.25, -0.2) is 0 Å². The number of amides is 1. The van der Waals surface area contributed by atoms with Crippen LogP contribution in [0.4, 0.5) is 11.4 Å². The summed E-state index contributed by atoms with van der Waals surface area (Å²) in [6, 6.07) is 6.82. The third-order valence-electron chi connectivity index (χ3n) is 5.63. The molecule has 8 nitrogen and oxygen atoms in total. The van der Waals surface area contributed by atoms with Gasteiger partial charge in [0.2, 0.25) is 0 Å². The average Bonchev–Trinajstić information content (AvgIpc) is 3.02. The number of hydrogen-bond acceptors (Lipinski definition) is 5. The Hall–Kier alpha value is -2.90. The lowest BCUT2D eigenvalue weighted by Gasteiger charge is -2.32. The van der Waals surface area contributed by atoms with Crippen molar-refractivity contribution in [1.82, 2.24) is 15.1 Å². The lowest BCUT2D eigenvalue weighted by atomic mass is 9.99. The zero-order chi connectivity index (χ0) is 21.8. The van der Waals surface area contributed by atoms with E-state index in [1.165, 1.54) is 6.07 Å². The fraction of sp³-hybridized carbons (Fsp3) is 0.545. The molecule has 1 aliphatic rings. The Morgan fingerprint density at radius 3 is 2.77 bits per heavy atom. The Balaban J connectivity index is 1.66. The number of nitrogens with one attached hydrogen (secondary N) is 1. The van der Waals surface area contributed by atoms with Crippen LogP contribution in [0.2, 0.25) is 0 Å². The van der Waals surface area contributed by atoms with Crippen LogP contribution in [0.25, 0.3) is 0 Å². The summed E-state index contributed by atoms with van der Waals surface area (Å²) in [5.41, 5.74) is 2.96. The number of rotatable bonds is 7. The minimum Gasteiger partial charge on any atom is -0.366 e.